The summed E-state index contributed by atoms with van der Waals surface area (Å²) < 4.78 is 1.84. The summed E-state index contributed by atoms with van der Waals surface area (Å²) in [4.78, 5) is 3.29. The topological polar surface area (TPSA) is 33.1 Å². The molecule has 0 saturated carbocycles. The molecule has 0 bridgehead atoms. The van der Waals surface area contributed by atoms with Gasteiger partial charge in [-0.3, -0.25) is 0 Å². The first-order chi connectivity index (χ1) is 6.93. The molecule has 0 amide bonds. The lowest BCUT2D eigenvalue weighted by molar-refractivity contribution is 0.974. The molecule has 3 nitrogen and oxygen atoms in total. The molecule has 0 unspecified atom stereocenters. The lowest BCUT2D eigenvalue weighted by atomic mass is 10.2. The van der Waals surface area contributed by atoms with Gasteiger partial charge in [-0.05, 0) is 5.56 Å². The number of hydrogen-bond acceptors (Lipinski definition) is 1. The van der Waals surface area contributed by atoms with Crippen LogP contribution in [-0.4, -0.2) is 14.6 Å². The van der Waals surface area contributed by atoms with Crippen molar-refractivity contribution in [3.63, 3.8) is 0 Å². The Labute approximate surface area is 81.0 Å². The van der Waals surface area contributed by atoms with Gasteiger partial charge < -0.3 is 4.98 Å². The lowest BCUT2D eigenvalue weighted by Crippen LogP contribution is -1.77. The van der Waals surface area contributed by atoms with E-state index in [2.05, 4.69) is 22.2 Å². The number of nitrogens with one attached hydrogen (secondary N) is 1. The molecule has 0 spiro atoms. The normalized spacial score (nSPS) is 10.9. The largest absolute Gasteiger partial charge is 0.338 e. The molecule has 3 heteroatoms. The van der Waals surface area contributed by atoms with Crippen LogP contribution >= 0.6 is 0 Å². The highest BCUT2D eigenvalue weighted by Crippen LogP contribution is 2.17. The Morgan fingerprint density at radius 3 is 2.71 bits per heavy atom. The van der Waals surface area contributed by atoms with Gasteiger partial charge in [-0.25, -0.2) is 4.52 Å². The summed E-state index contributed by atoms with van der Waals surface area (Å²) in [7, 11) is 0. The number of H-pyrrole nitrogens is 1. The summed E-state index contributed by atoms with van der Waals surface area (Å²) in [6, 6.07) is 12.2. The lowest BCUT2D eigenvalue weighted by Gasteiger charge is -1.93. The maximum absolute atomic E-state index is 4.15. The molecule has 1 aromatic carbocycles. The van der Waals surface area contributed by atoms with Crippen LogP contribution in [0.3, 0.4) is 0 Å². The van der Waals surface area contributed by atoms with E-state index >= 15 is 0 Å². The average Bonchev–Trinajstić information content (AvgIpc) is 2.78. The first kappa shape index (κ1) is 7.38. The molecule has 0 aliphatic rings. The second kappa shape index (κ2) is 2.73. The zero-order valence-corrected chi connectivity index (χ0v) is 7.51. The highest BCUT2D eigenvalue weighted by molar-refractivity contribution is 5.61. The van der Waals surface area contributed by atoms with Gasteiger partial charge in [0.25, 0.3) is 0 Å². The summed E-state index contributed by atoms with van der Waals surface area (Å²) in [6.45, 7) is 0. The predicted molar refractivity (Wildman–Crippen MR) is 55.0 cm³/mol. The minimum atomic E-state index is 1.02. The first-order valence-electron chi connectivity index (χ1n) is 4.51. The molecule has 0 aliphatic heterocycles. The average molecular weight is 183 g/mol. The molecule has 68 valence electrons. The van der Waals surface area contributed by atoms with Crippen molar-refractivity contribution in [2.75, 3.05) is 0 Å². The Bertz CT molecular complexity index is 519. The maximum atomic E-state index is 4.15. The van der Waals surface area contributed by atoms with Crippen molar-refractivity contribution >= 4 is 5.65 Å². The van der Waals surface area contributed by atoms with Crippen LogP contribution < -0.4 is 0 Å². The quantitative estimate of drug-likeness (QED) is 0.617. The van der Waals surface area contributed by atoms with E-state index in [4.69, 9.17) is 0 Å². The SMILES string of the molecule is c1ccc(-c2cn3nccc3[nH]2)cc1. The molecule has 3 aromatic rings. The van der Waals surface area contributed by atoms with Gasteiger partial charge in [-0.15, -0.1) is 0 Å². The van der Waals surface area contributed by atoms with Crippen LogP contribution in [-0.2, 0) is 0 Å². The number of imidazole rings is 1. The van der Waals surface area contributed by atoms with Crippen LogP contribution in [0.4, 0.5) is 0 Å². The number of benzene rings is 1. The Morgan fingerprint density at radius 1 is 1.07 bits per heavy atom. The molecule has 0 aliphatic carbocycles. The molecule has 0 radical (unpaired) electrons. The molecule has 3 rings (SSSR count). The monoisotopic (exact) mass is 183 g/mol. The summed E-state index contributed by atoms with van der Waals surface area (Å²) in [5, 5.41) is 4.15. The molecule has 2 heterocycles. The van der Waals surface area contributed by atoms with E-state index in [0.717, 1.165) is 11.3 Å². The van der Waals surface area contributed by atoms with E-state index in [9.17, 15) is 0 Å². The van der Waals surface area contributed by atoms with Gasteiger partial charge in [0, 0.05) is 6.07 Å². The Hall–Kier alpha value is -2.03. The van der Waals surface area contributed by atoms with Gasteiger partial charge in [0.2, 0.25) is 0 Å². The first-order valence-corrected chi connectivity index (χ1v) is 4.51. The number of rotatable bonds is 1. The molecule has 14 heavy (non-hydrogen) atoms. The van der Waals surface area contributed by atoms with Crippen molar-refractivity contribution in [3.05, 3.63) is 48.8 Å². The Kier molecular flexibility index (Phi) is 1.44. The fourth-order valence-corrected chi connectivity index (χ4v) is 1.57. The van der Waals surface area contributed by atoms with Gasteiger partial charge in [-0.1, -0.05) is 30.3 Å². The van der Waals surface area contributed by atoms with Crippen LogP contribution in [0.1, 0.15) is 0 Å². The number of nitrogens with zero attached hydrogens (tertiary/aromatic N) is 2. The molecule has 0 fully saturated rings. The predicted octanol–water partition coefficient (Wildman–Crippen LogP) is 2.33. The summed E-state index contributed by atoms with van der Waals surface area (Å²) in [6.07, 6.45) is 3.77. The fraction of sp³-hybridized carbons (Fsp3) is 0. The Balaban J connectivity index is 2.19. The van der Waals surface area contributed by atoms with E-state index in [0.29, 0.717) is 0 Å². The smallest absolute Gasteiger partial charge is 0.133 e. The van der Waals surface area contributed by atoms with E-state index in [1.807, 2.05) is 35.0 Å². The van der Waals surface area contributed by atoms with Crippen molar-refractivity contribution in [3.8, 4) is 11.3 Å². The van der Waals surface area contributed by atoms with Crippen molar-refractivity contribution in [2.24, 2.45) is 0 Å². The second-order valence-electron chi connectivity index (χ2n) is 3.19. The minimum absolute atomic E-state index is 1.02. The van der Waals surface area contributed by atoms with E-state index in [1.165, 1.54) is 5.56 Å². The number of fused-ring (bicyclic) bond motifs is 1. The second-order valence-corrected chi connectivity index (χ2v) is 3.19. The third kappa shape index (κ3) is 1.03. The van der Waals surface area contributed by atoms with Gasteiger partial charge in [-0.2, -0.15) is 5.10 Å². The van der Waals surface area contributed by atoms with Crippen molar-refractivity contribution in [2.45, 2.75) is 0 Å². The summed E-state index contributed by atoms with van der Waals surface area (Å²) in [5.41, 5.74) is 3.29. The summed E-state index contributed by atoms with van der Waals surface area (Å²) >= 11 is 0. The number of hydrogen-bond donors (Lipinski definition) is 1. The van der Waals surface area contributed by atoms with Crippen LogP contribution in [0.2, 0.25) is 0 Å². The third-order valence-electron chi connectivity index (χ3n) is 2.27. The van der Waals surface area contributed by atoms with Crippen molar-refractivity contribution in [1.82, 2.24) is 14.6 Å². The summed E-state index contributed by atoms with van der Waals surface area (Å²) in [5.74, 6) is 0. The molecule has 2 aromatic heterocycles. The van der Waals surface area contributed by atoms with Gasteiger partial charge in [0.1, 0.15) is 5.65 Å². The fourth-order valence-electron chi connectivity index (χ4n) is 1.57. The number of aromatic amines is 1. The van der Waals surface area contributed by atoms with Crippen LogP contribution in [0.5, 0.6) is 0 Å². The molecule has 0 atom stereocenters. The zero-order chi connectivity index (χ0) is 9.38. The minimum Gasteiger partial charge on any atom is -0.338 e. The van der Waals surface area contributed by atoms with E-state index in [-0.39, 0.29) is 0 Å². The van der Waals surface area contributed by atoms with Gasteiger partial charge in [0.15, 0.2) is 0 Å². The van der Waals surface area contributed by atoms with Crippen LogP contribution in [0.25, 0.3) is 16.9 Å². The molecule has 0 saturated heterocycles. The van der Waals surface area contributed by atoms with Gasteiger partial charge >= 0.3 is 0 Å². The number of aromatic nitrogens is 3. The van der Waals surface area contributed by atoms with E-state index < -0.39 is 0 Å². The molecular weight excluding hydrogens is 174 g/mol. The molecular formula is C11H9N3. The van der Waals surface area contributed by atoms with Crippen LogP contribution in [0.15, 0.2) is 48.8 Å². The third-order valence-corrected chi connectivity index (χ3v) is 2.27. The highest BCUT2D eigenvalue weighted by Gasteiger charge is 2.01. The van der Waals surface area contributed by atoms with Crippen LogP contribution in [0, 0.1) is 0 Å². The maximum Gasteiger partial charge on any atom is 0.133 e. The molecule has 1 N–H and O–H groups in total. The highest BCUT2D eigenvalue weighted by atomic mass is 15.2. The van der Waals surface area contributed by atoms with Gasteiger partial charge in [0.05, 0.1) is 18.1 Å². The van der Waals surface area contributed by atoms with E-state index in [1.54, 1.807) is 6.20 Å². The zero-order valence-electron chi connectivity index (χ0n) is 7.51. The van der Waals surface area contributed by atoms with Crippen molar-refractivity contribution in [1.29, 1.82) is 0 Å². The van der Waals surface area contributed by atoms with Crippen molar-refractivity contribution < 1.29 is 0 Å². The standard InChI is InChI=1S/C11H9N3/c1-2-4-9(5-3-1)10-8-14-11(13-10)6-7-12-14/h1-8,13H. The Morgan fingerprint density at radius 2 is 1.93 bits per heavy atom.